The Morgan fingerprint density at radius 2 is 1.89 bits per heavy atom. The highest BCUT2D eigenvalue weighted by molar-refractivity contribution is 14.0. The van der Waals surface area contributed by atoms with E-state index in [2.05, 4.69) is 34.8 Å². The first kappa shape index (κ1) is 22.8. The Morgan fingerprint density at radius 1 is 1.18 bits per heavy atom. The molecule has 2 aromatic heterocycles. The van der Waals surface area contributed by atoms with Crippen LogP contribution in [0.5, 0.6) is 0 Å². The number of piperazine rings is 1. The third kappa shape index (κ3) is 5.99. The molecule has 12 heteroatoms. The summed E-state index contributed by atoms with van der Waals surface area (Å²) in [5, 5.41) is 4.96. The van der Waals surface area contributed by atoms with Crippen molar-refractivity contribution in [3.63, 3.8) is 0 Å². The molecule has 0 radical (unpaired) electrons. The summed E-state index contributed by atoms with van der Waals surface area (Å²) < 4.78 is 27.1. The van der Waals surface area contributed by atoms with Crippen LogP contribution in [0.1, 0.15) is 0 Å². The van der Waals surface area contributed by atoms with Gasteiger partial charge in [-0.05, 0) is 17.5 Å². The van der Waals surface area contributed by atoms with E-state index in [0.29, 0.717) is 10.8 Å². The fraction of sp³-hybridized carbons (Fsp3) is 0.438. The van der Waals surface area contributed by atoms with Crippen molar-refractivity contribution >= 4 is 57.2 Å². The van der Waals surface area contributed by atoms with Gasteiger partial charge < -0.3 is 15.1 Å². The van der Waals surface area contributed by atoms with Crippen LogP contribution in [-0.4, -0.2) is 75.6 Å². The molecule has 0 bridgehead atoms. The molecule has 3 rings (SSSR count). The van der Waals surface area contributed by atoms with Crippen LogP contribution in [0, 0.1) is 0 Å². The molecule has 0 amide bonds. The van der Waals surface area contributed by atoms with Gasteiger partial charge in [-0.15, -0.1) is 35.3 Å². The molecule has 1 aliphatic rings. The number of nitrogens with zero attached hydrogens (tertiary/aromatic N) is 5. The summed E-state index contributed by atoms with van der Waals surface area (Å²) in [5.74, 6) is 1.50. The van der Waals surface area contributed by atoms with Crippen LogP contribution >= 0.6 is 35.3 Å². The van der Waals surface area contributed by atoms with Crippen LogP contribution < -0.4 is 14.9 Å². The SMILES string of the molecule is CN=C(NCCNS(=O)(=O)c1cccs1)N1CCN(c2ncccn2)CC1.I. The van der Waals surface area contributed by atoms with Gasteiger partial charge in [0, 0.05) is 58.7 Å². The van der Waals surface area contributed by atoms with Crippen LogP contribution in [-0.2, 0) is 10.0 Å². The molecule has 28 heavy (non-hydrogen) atoms. The third-order valence-corrected chi connectivity index (χ3v) is 6.94. The van der Waals surface area contributed by atoms with E-state index in [4.69, 9.17) is 0 Å². The molecule has 2 N–H and O–H groups in total. The van der Waals surface area contributed by atoms with Gasteiger partial charge in [-0.2, -0.15) is 0 Å². The quantitative estimate of drug-likeness (QED) is 0.244. The zero-order chi connectivity index (χ0) is 19.1. The van der Waals surface area contributed by atoms with E-state index < -0.39 is 10.0 Å². The van der Waals surface area contributed by atoms with E-state index >= 15 is 0 Å². The van der Waals surface area contributed by atoms with E-state index in [1.165, 1.54) is 11.3 Å². The van der Waals surface area contributed by atoms with Gasteiger partial charge in [0.25, 0.3) is 0 Å². The largest absolute Gasteiger partial charge is 0.355 e. The standard InChI is InChI=1S/C16H23N7O2S2.HI/c1-17-15(20-7-8-21-27(24,25)14-4-2-13-26-14)22-9-11-23(12-10-22)16-18-5-3-6-19-16;/h2-6,13,21H,7-12H2,1H3,(H,17,20);1H. The minimum Gasteiger partial charge on any atom is -0.355 e. The van der Waals surface area contributed by atoms with Crippen LogP contribution in [0.15, 0.2) is 45.2 Å². The number of hydrogen-bond donors (Lipinski definition) is 2. The van der Waals surface area contributed by atoms with E-state index in [9.17, 15) is 8.42 Å². The van der Waals surface area contributed by atoms with Crippen molar-refractivity contribution in [1.82, 2.24) is 24.9 Å². The van der Waals surface area contributed by atoms with Gasteiger partial charge in [-0.1, -0.05) is 6.07 Å². The molecule has 0 aromatic carbocycles. The van der Waals surface area contributed by atoms with Crippen molar-refractivity contribution in [2.45, 2.75) is 4.21 Å². The summed E-state index contributed by atoms with van der Waals surface area (Å²) in [5.41, 5.74) is 0. The minimum atomic E-state index is -3.43. The van der Waals surface area contributed by atoms with Crippen LogP contribution in [0.2, 0.25) is 0 Å². The topological polar surface area (TPSA) is 103 Å². The first-order valence-corrected chi connectivity index (χ1v) is 11.0. The summed E-state index contributed by atoms with van der Waals surface area (Å²) >= 11 is 1.20. The lowest BCUT2D eigenvalue weighted by Gasteiger charge is -2.36. The van der Waals surface area contributed by atoms with Gasteiger partial charge >= 0.3 is 0 Å². The average molecular weight is 537 g/mol. The maximum absolute atomic E-state index is 12.1. The molecule has 0 unspecified atom stereocenters. The van der Waals surface area contributed by atoms with Gasteiger partial charge in [-0.25, -0.2) is 23.1 Å². The maximum atomic E-state index is 12.1. The number of aliphatic imine (C=N–C) groups is 1. The average Bonchev–Trinajstić information content (AvgIpc) is 3.25. The summed E-state index contributed by atoms with van der Waals surface area (Å²) in [6.07, 6.45) is 3.48. The molecule has 1 saturated heterocycles. The monoisotopic (exact) mass is 537 g/mol. The Hall–Kier alpha value is -1.51. The van der Waals surface area contributed by atoms with Crippen molar-refractivity contribution in [3.05, 3.63) is 36.0 Å². The van der Waals surface area contributed by atoms with Crippen molar-refractivity contribution in [2.75, 3.05) is 51.2 Å². The number of aromatic nitrogens is 2. The lowest BCUT2D eigenvalue weighted by molar-refractivity contribution is 0.370. The highest BCUT2D eigenvalue weighted by Crippen LogP contribution is 2.14. The van der Waals surface area contributed by atoms with Gasteiger partial charge in [0.1, 0.15) is 4.21 Å². The van der Waals surface area contributed by atoms with E-state index in [1.54, 1.807) is 43.0 Å². The number of halogens is 1. The Balaban J connectivity index is 0.00000280. The zero-order valence-electron chi connectivity index (χ0n) is 15.5. The predicted octanol–water partition coefficient (Wildman–Crippen LogP) is 0.832. The second kappa shape index (κ2) is 10.9. The van der Waals surface area contributed by atoms with Crippen LogP contribution in [0.3, 0.4) is 0 Å². The molecular weight excluding hydrogens is 513 g/mol. The normalized spacial score (nSPS) is 15.2. The van der Waals surface area contributed by atoms with Crippen molar-refractivity contribution < 1.29 is 8.42 Å². The Kier molecular flexibility index (Phi) is 8.85. The number of hydrogen-bond acceptors (Lipinski definition) is 7. The molecule has 0 spiro atoms. The summed E-state index contributed by atoms with van der Waals surface area (Å²) in [6, 6.07) is 5.12. The fourth-order valence-electron chi connectivity index (χ4n) is 2.75. The molecule has 0 atom stereocenters. The Labute approximate surface area is 186 Å². The predicted molar refractivity (Wildman–Crippen MR) is 122 cm³/mol. The second-order valence-electron chi connectivity index (χ2n) is 5.83. The van der Waals surface area contributed by atoms with E-state index in [0.717, 1.165) is 38.1 Å². The first-order chi connectivity index (χ1) is 13.1. The molecule has 1 aliphatic heterocycles. The highest BCUT2D eigenvalue weighted by atomic mass is 127. The highest BCUT2D eigenvalue weighted by Gasteiger charge is 2.21. The summed E-state index contributed by atoms with van der Waals surface area (Å²) in [7, 11) is -1.70. The van der Waals surface area contributed by atoms with Crippen LogP contribution in [0.4, 0.5) is 5.95 Å². The van der Waals surface area contributed by atoms with Gasteiger partial charge in [0.15, 0.2) is 5.96 Å². The number of anilines is 1. The van der Waals surface area contributed by atoms with Gasteiger partial charge in [0.2, 0.25) is 16.0 Å². The Morgan fingerprint density at radius 3 is 2.50 bits per heavy atom. The van der Waals surface area contributed by atoms with Crippen molar-refractivity contribution in [3.8, 4) is 0 Å². The van der Waals surface area contributed by atoms with Gasteiger partial charge in [0.05, 0.1) is 0 Å². The molecule has 154 valence electrons. The number of rotatable bonds is 6. The molecule has 1 fully saturated rings. The summed E-state index contributed by atoms with van der Waals surface area (Å²) in [6.45, 7) is 3.93. The smallest absolute Gasteiger partial charge is 0.250 e. The number of guanidine groups is 1. The zero-order valence-corrected chi connectivity index (χ0v) is 19.4. The number of thiophene rings is 1. The number of sulfonamides is 1. The molecule has 2 aromatic rings. The fourth-order valence-corrected chi connectivity index (χ4v) is 4.82. The maximum Gasteiger partial charge on any atom is 0.250 e. The second-order valence-corrected chi connectivity index (χ2v) is 8.77. The first-order valence-electron chi connectivity index (χ1n) is 8.61. The van der Waals surface area contributed by atoms with E-state index in [-0.39, 0.29) is 30.5 Å². The van der Waals surface area contributed by atoms with E-state index in [1.807, 2.05) is 0 Å². The third-order valence-electron chi connectivity index (χ3n) is 4.09. The van der Waals surface area contributed by atoms with Crippen molar-refractivity contribution in [2.24, 2.45) is 4.99 Å². The molecule has 0 saturated carbocycles. The molecule has 0 aliphatic carbocycles. The van der Waals surface area contributed by atoms with Gasteiger partial charge in [-0.3, -0.25) is 4.99 Å². The Bertz CT molecular complexity index is 839. The lowest BCUT2D eigenvalue weighted by atomic mass is 10.3. The molecular formula is C16H24IN7O2S2. The van der Waals surface area contributed by atoms with Crippen LogP contribution in [0.25, 0.3) is 0 Å². The summed E-state index contributed by atoms with van der Waals surface area (Å²) in [4.78, 5) is 17.2. The minimum absolute atomic E-state index is 0. The molecule has 9 nitrogen and oxygen atoms in total. The number of nitrogens with one attached hydrogen (secondary N) is 2. The van der Waals surface area contributed by atoms with Crippen molar-refractivity contribution in [1.29, 1.82) is 0 Å². The molecule has 3 heterocycles. The lowest BCUT2D eigenvalue weighted by Crippen LogP contribution is -2.53.